The number of ether oxygens (including phenoxy) is 1. The second kappa shape index (κ2) is 11.6. The minimum atomic E-state index is -0.350. The molecule has 6 nitrogen and oxygen atoms in total. The van der Waals surface area contributed by atoms with Crippen molar-refractivity contribution in [1.82, 2.24) is 14.8 Å². The van der Waals surface area contributed by atoms with Gasteiger partial charge < -0.3 is 10.1 Å². The van der Waals surface area contributed by atoms with Crippen molar-refractivity contribution >= 4 is 39.3 Å². The van der Waals surface area contributed by atoms with Gasteiger partial charge in [-0.05, 0) is 60.9 Å². The van der Waals surface area contributed by atoms with Gasteiger partial charge in [-0.1, -0.05) is 77.9 Å². The third-order valence-corrected chi connectivity index (χ3v) is 6.76. The van der Waals surface area contributed by atoms with Crippen LogP contribution in [0.2, 0.25) is 0 Å². The number of nitrogens with one attached hydrogen (secondary N) is 1. The topological polar surface area (TPSA) is 69.0 Å². The Morgan fingerprint density at radius 3 is 2.43 bits per heavy atom. The van der Waals surface area contributed by atoms with Gasteiger partial charge in [0.15, 0.2) is 17.1 Å². The van der Waals surface area contributed by atoms with Crippen molar-refractivity contribution in [1.29, 1.82) is 0 Å². The van der Waals surface area contributed by atoms with Crippen molar-refractivity contribution in [2.45, 2.75) is 37.9 Å². The highest BCUT2D eigenvalue weighted by Crippen LogP contribution is 2.29. The van der Waals surface area contributed by atoms with Crippen LogP contribution in [0.4, 0.5) is 5.69 Å². The van der Waals surface area contributed by atoms with E-state index in [2.05, 4.69) is 57.4 Å². The molecule has 180 valence electrons. The van der Waals surface area contributed by atoms with E-state index in [0.717, 1.165) is 21.6 Å². The fourth-order valence-corrected chi connectivity index (χ4v) is 4.70. The molecule has 1 unspecified atom stereocenters. The number of thioether (sulfide) groups is 1. The second-order valence-electron chi connectivity index (χ2n) is 8.34. The predicted molar refractivity (Wildman–Crippen MR) is 144 cm³/mol. The van der Waals surface area contributed by atoms with E-state index in [1.54, 1.807) is 0 Å². The van der Waals surface area contributed by atoms with Gasteiger partial charge in [0.25, 0.3) is 0 Å². The van der Waals surface area contributed by atoms with Gasteiger partial charge in [0.1, 0.15) is 5.75 Å². The first-order valence-electron chi connectivity index (χ1n) is 11.4. The lowest BCUT2D eigenvalue weighted by atomic mass is 10.0. The Kier molecular flexibility index (Phi) is 8.25. The first-order chi connectivity index (χ1) is 16.9. The monoisotopic (exact) mass is 550 g/mol. The summed E-state index contributed by atoms with van der Waals surface area (Å²) in [6, 6.07) is 25.5. The molecule has 0 fully saturated rings. The fourth-order valence-electron chi connectivity index (χ4n) is 3.54. The highest BCUT2D eigenvalue weighted by molar-refractivity contribution is 9.10. The highest BCUT2D eigenvalue weighted by Gasteiger charge is 2.21. The van der Waals surface area contributed by atoms with Crippen molar-refractivity contribution in [3.63, 3.8) is 0 Å². The summed E-state index contributed by atoms with van der Waals surface area (Å²) in [5, 5.41) is 12.4. The standard InChI is InChI=1S/C27H27BrN4O2S/c1-18(2)20-12-14-24(15-13-20)34-19(3)26-30-31-27(32(26)23-10-5-4-6-11-23)35-17-25(33)29-22-9-7-8-21(28)16-22/h4-16,18-19H,17H2,1-3H3,(H,29,33). The molecule has 0 saturated carbocycles. The molecule has 0 bridgehead atoms. The molecular weight excluding hydrogens is 524 g/mol. The third kappa shape index (κ3) is 6.52. The smallest absolute Gasteiger partial charge is 0.234 e. The molecule has 1 heterocycles. The van der Waals surface area contributed by atoms with Gasteiger partial charge in [0, 0.05) is 15.8 Å². The van der Waals surface area contributed by atoms with Crippen LogP contribution in [0.25, 0.3) is 5.69 Å². The zero-order valence-electron chi connectivity index (χ0n) is 19.8. The predicted octanol–water partition coefficient (Wildman–Crippen LogP) is 7.02. The lowest BCUT2D eigenvalue weighted by molar-refractivity contribution is -0.113. The van der Waals surface area contributed by atoms with Crippen LogP contribution in [0.15, 0.2) is 88.5 Å². The zero-order valence-corrected chi connectivity index (χ0v) is 22.2. The van der Waals surface area contributed by atoms with Gasteiger partial charge in [-0.2, -0.15) is 0 Å². The van der Waals surface area contributed by atoms with E-state index < -0.39 is 0 Å². The van der Waals surface area contributed by atoms with E-state index >= 15 is 0 Å². The van der Waals surface area contributed by atoms with Gasteiger partial charge in [0.2, 0.25) is 5.91 Å². The summed E-state index contributed by atoms with van der Waals surface area (Å²) < 4.78 is 9.07. The molecule has 0 radical (unpaired) electrons. The van der Waals surface area contributed by atoms with Crippen LogP contribution in [-0.4, -0.2) is 26.4 Å². The minimum absolute atomic E-state index is 0.119. The second-order valence-corrected chi connectivity index (χ2v) is 10.2. The Balaban J connectivity index is 1.52. The van der Waals surface area contributed by atoms with Crippen molar-refractivity contribution < 1.29 is 9.53 Å². The fraction of sp³-hybridized carbons (Fsp3) is 0.222. The van der Waals surface area contributed by atoms with Crippen molar-refractivity contribution in [3.8, 4) is 11.4 Å². The molecule has 0 aliphatic carbocycles. The number of amides is 1. The molecule has 0 spiro atoms. The number of rotatable bonds is 9. The average Bonchev–Trinajstić information content (AvgIpc) is 3.28. The number of carbonyl (C=O) groups excluding carboxylic acids is 1. The molecule has 8 heteroatoms. The lowest BCUT2D eigenvalue weighted by Gasteiger charge is -2.17. The van der Waals surface area contributed by atoms with E-state index in [4.69, 9.17) is 4.74 Å². The number of hydrogen-bond donors (Lipinski definition) is 1. The van der Waals surface area contributed by atoms with Gasteiger partial charge in [-0.25, -0.2) is 0 Å². The largest absolute Gasteiger partial charge is 0.483 e. The number of aromatic nitrogens is 3. The lowest BCUT2D eigenvalue weighted by Crippen LogP contribution is -2.15. The number of para-hydroxylation sites is 1. The molecule has 0 aliphatic rings. The maximum absolute atomic E-state index is 12.6. The quantitative estimate of drug-likeness (QED) is 0.226. The molecule has 4 rings (SSSR count). The van der Waals surface area contributed by atoms with Crippen LogP contribution >= 0.6 is 27.7 Å². The van der Waals surface area contributed by atoms with Crippen molar-refractivity contribution in [2.75, 3.05) is 11.1 Å². The summed E-state index contributed by atoms with van der Waals surface area (Å²) in [7, 11) is 0. The van der Waals surface area contributed by atoms with Crippen LogP contribution in [0.1, 0.15) is 44.2 Å². The summed E-state index contributed by atoms with van der Waals surface area (Å²) >= 11 is 4.76. The molecule has 1 N–H and O–H groups in total. The Bertz CT molecular complexity index is 1280. The molecule has 1 aromatic heterocycles. The number of hydrogen-bond acceptors (Lipinski definition) is 5. The maximum atomic E-state index is 12.6. The minimum Gasteiger partial charge on any atom is -0.483 e. The van der Waals surface area contributed by atoms with Crippen molar-refractivity contribution in [3.05, 3.63) is 94.7 Å². The molecule has 1 amide bonds. The number of carbonyl (C=O) groups is 1. The molecule has 3 aromatic carbocycles. The van der Waals surface area contributed by atoms with Crippen LogP contribution in [0, 0.1) is 0 Å². The van der Waals surface area contributed by atoms with Crippen LogP contribution in [0.3, 0.4) is 0 Å². The first-order valence-corrected chi connectivity index (χ1v) is 13.1. The molecule has 1 atom stereocenters. The SMILES string of the molecule is CC(C)c1ccc(OC(C)c2nnc(SCC(=O)Nc3cccc(Br)c3)n2-c2ccccc2)cc1. The summed E-state index contributed by atoms with van der Waals surface area (Å²) in [5.41, 5.74) is 2.91. The highest BCUT2D eigenvalue weighted by atomic mass is 79.9. The Morgan fingerprint density at radius 1 is 1.00 bits per heavy atom. The Labute approximate surface area is 218 Å². The van der Waals surface area contributed by atoms with E-state index in [9.17, 15) is 4.79 Å². The van der Waals surface area contributed by atoms with E-state index in [1.807, 2.05) is 78.2 Å². The number of benzene rings is 3. The Morgan fingerprint density at radius 2 is 1.74 bits per heavy atom. The van der Waals surface area contributed by atoms with Gasteiger partial charge in [0.05, 0.1) is 5.75 Å². The van der Waals surface area contributed by atoms with E-state index in [0.29, 0.717) is 16.9 Å². The van der Waals surface area contributed by atoms with Crippen molar-refractivity contribution in [2.24, 2.45) is 0 Å². The summed E-state index contributed by atoms with van der Waals surface area (Å²) in [6.07, 6.45) is -0.350. The molecule has 0 aliphatic heterocycles. The third-order valence-electron chi connectivity index (χ3n) is 5.34. The first kappa shape index (κ1) is 25.0. The number of anilines is 1. The molecular formula is C27H27BrN4O2S. The van der Waals surface area contributed by atoms with Crippen LogP contribution in [-0.2, 0) is 4.79 Å². The zero-order chi connectivity index (χ0) is 24.8. The molecule has 35 heavy (non-hydrogen) atoms. The van der Waals surface area contributed by atoms with Gasteiger partial charge in [-0.3, -0.25) is 9.36 Å². The van der Waals surface area contributed by atoms with E-state index in [1.165, 1.54) is 17.3 Å². The normalized spacial score (nSPS) is 11.9. The molecule has 0 saturated heterocycles. The Hall–Kier alpha value is -3.10. The summed E-state index contributed by atoms with van der Waals surface area (Å²) in [5.74, 6) is 1.98. The number of halogens is 1. The summed E-state index contributed by atoms with van der Waals surface area (Å²) in [6.45, 7) is 6.28. The molecule has 4 aromatic rings. The number of nitrogens with zero attached hydrogens (tertiary/aromatic N) is 3. The summed E-state index contributed by atoms with van der Waals surface area (Å²) in [4.78, 5) is 12.6. The van der Waals surface area contributed by atoms with E-state index in [-0.39, 0.29) is 17.8 Å². The van der Waals surface area contributed by atoms with Crippen LogP contribution in [0.5, 0.6) is 5.75 Å². The average molecular weight is 552 g/mol. The maximum Gasteiger partial charge on any atom is 0.234 e. The van der Waals surface area contributed by atoms with Gasteiger partial charge >= 0.3 is 0 Å². The van der Waals surface area contributed by atoms with Gasteiger partial charge in [-0.15, -0.1) is 10.2 Å². The van der Waals surface area contributed by atoms with Crippen LogP contribution < -0.4 is 10.1 Å².